The molecule has 2 heteroatoms. The summed E-state index contributed by atoms with van der Waals surface area (Å²) in [7, 11) is 2.79. The molecule has 9 heavy (non-hydrogen) atoms. The summed E-state index contributed by atoms with van der Waals surface area (Å²) in [6.45, 7) is 8.42. The van der Waals surface area contributed by atoms with Gasteiger partial charge >= 0.3 is 0 Å². The maximum atomic E-state index is 6.00. The second kappa shape index (κ2) is 2.76. The van der Waals surface area contributed by atoms with Crippen LogP contribution in [0.25, 0.3) is 0 Å². The standard InChI is InChI=1S/C7H16ClP/c1-6(2,8)5-7(3,4)9/h5,9H2,1-4H3. The second-order valence-electron chi connectivity index (χ2n) is 3.88. The normalized spacial score (nSPS) is 14.0. The molecule has 0 heterocycles. The molecule has 0 radical (unpaired) electrons. The van der Waals surface area contributed by atoms with Crippen LogP contribution >= 0.6 is 20.8 Å². The fourth-order valence-electron chi connectivity index (χ4n) is 1.08. The van der Waals surface area contributed by atoms with Crippen molar-refractivity contribution < 1.29 is 0 Å². The van der Waals surface area contributed by atoms with Crippen molar-refractivity contribution >= 4 is 20.8 Å². The van der Waals surface area contributed by atoms with Crippen LogP contribution < -0.4 is 0 Å². The second-order valence-corrected chi connectivity index (χ2v) is 6.47. The highest BCUT2D eigenvalue weighted by atomic mass is 35.5. The van der Waals surface area contributed by atoms with E-state index in [1.807, 2.05) is 13.8 Å². The first-order valence-electron chi connectivity index (χ1n) is 3.18. The lowest BCUT2D eigenvalue weighted by molar-refractivity contribution is 0.532. The first-order valence-corrected chi connectivity index (χ1v) is 4.14. The summed E-state index contributed by atoms with van der Waals surface area (Å²) in [6, 6.07) is 0. The van der Waals surface area contributed by atoms with Crippen LogP contribution in [0.5, 0.6) is 0 Å². The van der Waals surface area contributed by atoms with E-state index < -0.39 is 0 Å². The van der Waals surface area contributed by atoms with Crippen molar-refractivity contribution in [3.8, 4) is 0 Å². The van der Waals surface area contributed by atoms with Gasteiger partial charge in [-0.05, 0) is 25.4 Å². The van der Waals surface area contributed by atoms with Gasteiger partial charge in [-0.15, -0.1) is 20.8 Å². The molecule has 1 atom stereocenters. The van der Waals surface area contributed by atoms with Crippen LogP contribution in [-0.4, -0.2) is 10.0 Å². The molecule has 0 aliphatic heterocycles. The number of hydrogen-bond acceptors (Lipinski definition) is 0. The molecule has 0 saturated carbocycles. The van der Waals surface area contributed by atoms with Crippen molar-refractivity contribution in [2.75, 3.05) is 0 Å². The third-order valence-electron chi connectivity index (χ3n) is 0.876. The van der Waals surface area contributed by atoms with Crippen molar-refractivity contribution in [1.29, 1.82) is 0 Å². The minimum atomic E-state index is -0.0642. The Hall–Kier alpha value is 0.720. The molecule has 0 fully saturated rings. The molecule has 0 aromatic carbocycles. The fraction of sp³-hybridized carbons (Fsp3) is 1.00. The van der Waals surface area contributed by atoms with Gasteiger partial charge in [-0.2, -0.15) is 0 Å². The zero-order chi connectivity index (χ0) is 7.71. The van der Waals surface area contributed by atoms with Crippen LogP contribution in [0.3, 0.4) is 0 Å². The smallest absolute Gasteiger partial charge is 0.0399 e. The Labute approximate surface area is 65.6 Å². The molecule has 0 aromatic rings. The maximum Gasteiger partial charge on any atom is 0.0399 e. The molecule has 0 aliphatic rings. The molecular formula is C7H16ClP. The quantitative estimate of drug-likeness (QED) is 0.437. The molecule has 0 rings (SSSR count). The minimum absolute atomic E-state index is 0.0642. The largest absolute Gasteiger partial charge is 0.132 e. The monoisotopic (exact) mass is 166 g/mol. The van der Waals surface area contributed by atoms with Crippen LogP contribution in [0.1, 0.15) is 34.1 Å². The van der Waals surface area contributed by atoms with Gasteiger partial charge in [0.2, 0.25) is 0 Å². The summed E-state index contributed by atoms with van der Waals surface area (Å²) >= 11 is 6.00. The fourth-order valence-corrected chi connectivity index (χ4v) is 2.07. The highest BCUT2D eigenvalue weighted by Gasteiger charge is 2.22. The van der Waals surface area contributed by atoms with E-state index in [-0.39, 0.29) is 10.0 Å². The molecule has 0 nitrogen and oxygen atoms in total. The van der Waals surface area contributed by atoms with Crippen LogP contribution in [-0.2, 0) is 0 Å². The van der Waals surface area contributed by atoms with Gasteiger partial charge in [0, 0.05) is 4.87 Å². The Bertz CT molecular complexity index is 74.1. The third-order valence-corrected chi connectivity index (χ3v) is 1.21. The van der Waals surface area contributed by atoms with Gasteiger partial charge in [-0.1, -0.05) is 13.8 Å². The van der Waals surface area contributed by atoms with Crippen LogP contribution in [0, 0.1) is 0 Å². The summed E-state index contributed by atoms with van der Waals surface area (Å²) < 4.78 is 0. The lowest BCUT2D eigenvalue weighted by Crippen LogP contribution is -2.22. The highest BCUT2D eigenvalue weighted by molar-refractivity contribution is 7.18. The summed E-state index contributed by atoms with van der Waals surface area (Å²) in [4.78, 5) is -0.0642. The molecule has 56 valence electrons. The molecule has 0 aromatic heterocycles. The molecule has 1 unspecified atom stereocenters. The summed E-state index contributed by atoms with van der Waals surface area (Å²) in [6.07, 6.45) is 1.02. The van der Waals surface area contributed by atoms with E-state index in [1.54, 1.807) is 0 Å². The molecule has 0 N–H and O–H groups in total. The van der Waals surface area contributed by atoms with Crippen molar-refractivity contribution in [1.82, 2.24) is 0 Å². The summed E-state index contributed by atoms with van der Waals surface area (Å²) in [5.74, 6) is 0. The summed E-state index contributed by atoms with van der Waals surface area (Å²) in [5, 5.41) is 0.269. The zero-order valence-corrected chi connectivity index (χ0v) is 8.57. The van der Waals surface area contributed by atoms with Gasteiger partial charge in [0.15, 0.2) is 0 Å². The third kappa shape index (κ3) is 8.72. The Morgan fingerprint density at radius 3 is 1.56 bits per heavy atom. The van der Waals surface area contributed by atoms with Crippen LogP contribution in [0.4, 0.5) is 0 Å². The molecule has 0 spiro atoms. The zero-order valence-electron chi connectivity index (χ0n) is 6.66. The van der Waals surface area contributed by atoms with Crippen molar-refractivity contribution in [3.05, 3.63) is 0 Å². The molecule has 0 amide bonds. The average molecular weight is 167 g/mol. The van der Waals surface area contributed by atoms with E-state index >= 15 is 0 Å². The van der Waals surface area contributed by atoms with Gasteiger partial charge in [-0.25, -0.2) is 0 Å². The maximum absolute atomic E-state index is 6.00. The Kier molecular flexibility index (Phi) is 2.98. The topological polar surface area (TPSA) is 0 Å². The van der Waals surface area contributed by atoms with Gasteiger partial charge in [0.25, 0.3) is 0 Å². The number of alkyl halides is 1. The van der Waals surface area contributed by atoms with Crippen LogP contribution in [0.15, 0.2) is 0 Å². The Morgan fingerprint density at radius 1 is 1.22 bits per heavy atom. The first-order chi connectivity index (χ1) is 3.71. The van der Waals surface area contributed by atoms with E-state index in [1.165, 1.54) is 0 Å². The van der Waals surface area contributed by atoms with Crippen molar-refractivity contribution in [2.24, 2.45) is 0 Å². The lowest BCUT2D eigenvalue weighted by atomic mass is 9.99. The molecule has 0 saturated heterocycles. The molecule has 0 aliphatic carbocycles. The van der Waals surface area contributed by atoms with E-state index in [2.05, 4.69) is 23.1 Å². The minimum Gasteiger partial charge on any atom is -0.132 e. The van der Waals surface area contributed by atoms with Crippen molar-refractivity contribution in [2.45, 2.75) is 44.1 Å². The van der Waals surface area contributed by atoms with Crippen LogP contribution in [0.2, 0.25) is 0 Å². The number of halogens is 1. The van der Waals surface area contributed by atoms with E-state index in [0.717, 1.165) is 6.42 Å². The van der Waals surface area contributed by atoms with Gasteiger partial charge in [-0.3, -0.25) is 0 Å². The predicted molar refractivity (Wildman–Crippen MR) is 48.3 cm³/mol. The lowest BCUT2D eigenvalue weighted by Gasteiger charge is -2.26. The summed E-state index contributed by atoms with van der Waals surface area (Å²) in [5.41, 5.74) is 0. The van der Waals surface area contributed by atoms with Gasteiger partial charge in [0.1, 0.15) is 0 Å². The van der Waals surface area contributed by atoms with E-state index in [4.69, 9.17) is 11.6 Å². The first kappa shape index (κ1) is 9.72. The molecule has 0 bridgehead atoms. The molecular weight excluding hydrogens is 151 g/mol. The Morgan fingerprint density at radius 2 is 1.56 bits per heavy atom. The Balaban J connectivity index is 3.75. The van der Waals surface area contributed by atoms with E-state index in [0.29, 0.717) is 0 Å². The number of hydrogen-bond donors (Lipinski definition) is 0. The predicted octanol–water partition coefficient (Wildman–Crippen LogP) is 3.05. The van der Waals surface area contributed by atoms with E-state index in [9.17, 15) is 0 Å². The van der Waals surface area contributed by atoms with Gasteiger partial charge < -0.3 is 0 Å². The average Bonchev–Trinajstić information content (AvgIpc) is 1.14. The highest BCUT2D eigenvalue weighted by Crippen LogP contribution is 2.31. The van der Waals surface area contributed by atoms with Crippen molar-refractivity contribution in [3.63, 3.8) is 0 Å². The SMILES string of the molecule is CC(C)(P)CC(C)(C)Cl. The number of rotatable bonds is 2. The van der Waals surface area contributed by atoms with Gasteiger partial charge in [0.05, 0.1) is 0 Å².